The normalized spacial score (nSPS) is 21.7. The SMILES string of the molecule is CCCCCC(N)C(=O)OC1CC(C)(C)C(/C=C/C(C)=C/C=C/C(C)=C/C=C/C=C(C)/C=C/C=C(C)/C=C/C2=C(C)C(=O)C(OC(=O)C(N)CCCCN)CC2(C)C)=C(C)C1=O. The Morgan fingerprint density at radius 3 is 1.34 bits per heavy atom. The van der Waals surface area contributed by atoms with Crippen LogP contribution in [0.5, 0.6) is 0 Å². The second-order valence-electron chi connectivity index (χ2n) is 18.2. The number of hydrogen-bond acceptors (Lipinski definition) is 9. The van der Waals surface area contributed by atoms with Gasteiger partial charge in [-0.15, -0.1) is 0 Å². The molecule has 0 aliphatic heterocycles. The molecule has 0 aromatic carbocycles. The van der Waals surface area contributed by atoms with E-state index in [0.29, 0.717) is 43.4 Å². The lowest BCUT2D eigenvalue weighted by atomic mass is 9.71. The van der Waals surface area contributed by atoms with Gasteiger partial charge in [0.2, 0.25) is 0 Å². The third kappa shape index (κ3) is 17.6. The van der Waals surface area contributed by atoms with E-state index in [4.69, 9.17) is 26.7 Å². The summed E-state index contributed by atoms with van der Waals surface area (Å²) in [7, 11) is 0. The molecular weight excluding hydrogens is 775 g/mol. The molecule has 4 unspecified atom stereocenters. The van der Waals surface area contributed by atoms with Crippen molar-refractivity contribution in [2.24, 2.45) is 28.0 Å². The van der Waals surface area contributed by atoms with E-state index < -0.39 is 36.2 Å². The number of carbonyl (C=O) groups is 4. The summed E-state index contributed by atoms with van der Waals surface area (Å²) in [5, 5.41) is 0. The van der Waals surface area contributed by atoms with Gasteiger partial charge in [0.1, 0.15) is 12.1 Å². The van der Waals surface area contributed by atoms with E-state index in [1.807, 2.05) is 120 Å². The lowest BCUT2D eigenvalue weighted by Crippen LogP contribution is -2.42. The molecule has 0 aromatic heterocycles. The third-order valence-electron chi connectivity index (χ3n) is 11.5. The van der Waals surface area contributed by atoms with Crippen molar-refractivity contribution < 1.29 is 28.7 Å². The fourth-order valence-electron chi connectivity index (χ4n) is 7.57. The number of ketones is 2. The van der Waals surface area contributed by atoms with Crippen molar-refractivity contribution in [1.29, 1.82) is 0 Å². The Bertz CT molecular complexity index is 1800. The smallest absolute Gasteiger partial charge is 0.323 e. The van der Waals surface area contributed by atoms with Gasteiger partial charge in [-0.25, -0.2) is 0 Å². The Hall–Kier alpha value is -4.70. The number of Topliss-reactive ketones (excluding diaryl/α,β-unsaturated/α-hetero) is 2. The fourth-order valence-corrected chi connectivity index (χ4v) is 7.57. The van der Waals surface area contributed by atoms with Crippen molar-refractivity contribution >= 4 is 23.5 Å². The van der Waals surface area contributed by atoms with Crippen LogP contribution in [0.2, 0.25) is 0 Å². The number of allylic oxidation sites excluding steroid dienone is 20. The molecule has 2 rings (SSSR count). The van der Waals surface area contributed by atoms with E-state index in [2.05, 4.69) is 34.6 Å². The van der Waals surface area contributed by atoms with Crippen molar-refractivity contribution in [3.05, 3.63) is 130 Å². The topological polar surface area (TPSA) is 165 Å². The molecule has 340 valence electrons. The van der Waals surface area contributed by atoms with E-state index in [-0.39, 0.29) is 22.4 Å². The van der Waals surface area contributed by atoms with Gasteiger partial charge in [0.15, 0.2) is 23.8 Å². The highest BCUT2D eigenvalue weighted by molar-refractivity contribution is 6.02. The van der Waals surface area contributed by atoms with Crippen LogP contribution in [0, 0.1) is 10.8 Å². The molecule has 62 heavy (non-hydrogen) atoms. The van der Waals surface area contributed by atoms with Crippen LogP contribution in [0.25, 0.3) is 0 Å². The second kappa shape index (κ2) is 26.0. The predicted molar refractivity (Wildman–Crippen MR) is 256 cm³/mol. The lowest BCUT2D eigenvalue weighted by molar-refractivity contribution is -0.157. The standard InChI is InChI=1S/C53H77N3O6/c1-12-13-14-27-44(55)50(59)61-46-34-52(8,9)42(40(6)48(46)57)31-29-38(4)25-19-23-36(2)21-15-16-22-37(3)24-20-26-39(5)30-32-43-41(7)49(58)47(35-53(43,10)11)62-51(60)45(56)28-17-18-33-54/h15-16,19-26,29-32,44-47H,12-14,17-18,27-28,33-35,54-56H2,1-11H3/b16-15+,23-19+,24-20+,31-29+,32-30+,36-21+,37-22+,38-25+,39-26+. The number of hydrogen-bond donors (Lipinski definition) is 3. The molecule has 9 heteroatoms. The average molecular weight is 852 g/mol. The maximum Gasteiger partial charge on any atom is 0.323 e. The van der Waals surface area contributed by atoms with Crippen LogP contribution >= 0.6 is 0 Å². The van der Waals surface area contributed by atoms with E-state index in [1.165, 1.54) is 0 Å². The van der Waals surface area contributed by atoms with Gasteiger partial charge in [-0.05, 0) is 100 Å². The van der Waals surface area contributed by atoms with Gasteiger partial charge in [-0.1, -0.05) is 168 Å². The van der Waals surface area contributed by atoms with Crippen molar-refractivity contribution in [2.45, 2.75) is 158 Å². The summed E-state index contributed by atoms with van der Waals surface area (Å²) in [5.74, 6) is -1.37. The molecule has 0 bridgehead atoms. The Kier molecular flexibility index (Phi) is 22.5. The molecule has 0 aromatic rings. The molecule has 2 aliphatic rings. The monoisotopic (exact) mass is 852 g/mol. The summed E-state index contributed by atoms with van der Waals surface area (Å²) < 4.78 is 11.3. The first-order chi connectivity index (χ1) is 29.1. The van der Waals surface area contributed by atoms with Crippen molar-refractivity contribution in [1.82, 2.24) is 0 Å². The van der Waals surface area contributed by atoms with Crippen molar-refractivity contribution in [3.8, 4) is 0 Å². The zero-order valence-electron chi connectivity index (χ0n) is 39.6. The molecule has 0 saturated carbocycles. The summed E-state index contributed by atoms with van der Waals surface area (Å²) in [6.07, 6.45) is 32.9. The third-order valence-corrected chi connectivity index (χ3v) is 11.5. The average Bonchev–Trinajstić information content (AvgIpc) is 3.20. The Morgan fingerprint density at radius 2 is 0.968 bits per heavy atom. The number of ether oxygens (including phenoxy) is 2. The van der Waals surface area contributed by atoms with Crippen LogP contribution in [-0.4, -0.2) is 54.3 Å². The highest BCUT2D eigenvalue weighted by Crippen LogP contribution is 2.42. The Balaban J connectivity index is 1.97. The number of unbranched alkanes of at least 4 members (excludes halogenated alkanes) is 3. The molecule has 4 atom stereocenters. The van der Waals surface area contributed by atoms with E-state index in [9.17, 15) is 19.2 Å². The lowest BCUT2D eigenvalue weighted by Gasteiger charge is -2.36. The molecule has 0 fully saturated rings. The van der Waals surface area contributed by atoms with E-state index >= 15 is 0 Å². The molecule has 2 aliphatic carbocycles. The van der Waals surface area contributed by atoms with Gasteiger partial charge in [0, 0.05) is 12.8 Å². The minimum absolute atomic E-state index is 0.159. The summed E-state index contributed by atoms with van der Waals surface area (Å²) in [6, 6.07) is -1.47. The maximum atomic E-state index is 13.2. The Labute approximate surface area is 373 Å². The van der Waals surface area contributed by atoms with Crippen LogP contribution < -0.4 is 17.2 Å². The molecule has 0 spiro atoms. The Morgan fingerprint density at radius 1 is 0.613 bits per heavy atom. The van der Waals surface area contributed by atoms with Crippen LogP contribution in [-0.2, 0) is 28.7 Å². The van der Waals surface area contributed by atoms with Gasteiger partial charge in [-0.2, -0.15) is 0 Å². The van der Waals surface area contributed by atoms with Crippen molar-refractivity contribution in [2.75, 3.05) is 6.54 Å². The minimum atomic E-state index is -0.838. The number of rotatable bonds is 22. The van der Waals surface area contributed by atoms with Crippen LogP contribution in [0.4, 0.5) is 0 Å². The first-order valence-electron chi connectivity index (χ1n) is 22.4. The van der Waals surface area contributed by atoms with Crippen LogP contribution in [0.1, 0.15) is 134 Å². The molecule has 0 radical (unpaired) electrons. The number of esters is 2. The quantitative estimate of drug-likeness (QED) is 0.0546. The maximum absolute atomic E-state index is 13.2. The van der Waals surface area contributed by atoms with E-state index in [1.54, 1.807) is 6.92 Å². The van der Waals surface area contributed by atoms with Gasteiger partial charge in [-0.3, -0.25) is 19.2 Å². The van der Waals surface area contributed by atoms with Crippen LogP contribution in [0.15, 0.2) is 130 Å². The van der Waals surface area contributed by atoms with Gasteiger partial charge < -0.3 is 26.7 Å². The first kappa shape index (κ1) is 53.4. The fraction of sp³-hybridized carbons (Fsp3) is 0.509. The zero-order valence-corrected chi connectivity index (χ0v) is 39.6. The molecule has 0 heterocycles. The summed E-state index contributed by atoms with van der Waals surface area (Å²) in [5.41, 5.74) is 24.2. The number of nitrogens with two attached hydrogens (primary N) is 3. The van der Waals surface area contributed by atoms with Gasteiger partial charge in [0.05, 0.1) is 0 Å². The highest BCUT2D eigenvalue weighted by atomic mass is 16.6. The summed E-state index contributed by atoms with van der Waals surface area (Å²) in [6.45, 7) is 22.6. The van der Waals surface area contributed by atoms with Gasteiger partial charge >= 0.3 is 11.9 Å². The molecule has 9 nitrogen and oxygen atoms in total. The van der Waals surface area contributed by atoms with Crippen LogP contribution in [0.3, 0.4) is 0 Å². The molecular formula is C53H77N3O6. The molecule has 0 saturated heterocycles. The molecule has 6 N–H and O–H groups in total. The summed E-state index contributed by atoms with van der Waals surface area (Å²) in [4.78, 5) is 51.7. The zero-order chi connectivity index (χ0) is 46.6. The van der Waals surface area contributed by atoms with Gasteiger partial charge in [0.25, 0.3) is 0 Å². The molecule has 0 amide bonds. The summed E-state index contributed by atoms with van der Waals surface area (Å²) >= 11 is 0. The highest BCUT2D eigenvalue weighted by Gasteiger charge is 2.41. The predicted octanol–water partition coefficient (Wildman–Crippen LogP) is 10.4. The number of carbonyl (C=O) groups excluding carboxylic acids is 4. The van der Waals surface area contributed by atoms with Crippen molar-refractivity contribution in [3.63, 3.8) is 0 Å². The second-order valence-corrected chi connectivity index (χ2v) is 18.2. The van der Waals surface area contributed by atoms with E-state index in [0.717, 1.165) is 65.5 Å². The minimum Gasteiger partial charge on any atom is -0.453 e. The first-order valence-corrected chi connectivity index (χ1v) is 22.4. The largest absolute Gasteiger partial charge is 0.453 e.